The van der Waals surface area contributed by atoms with Crippen molar-refractivity contribution in [1.29, 1.82) is 0 Å². The maximum absolute atomic E-state index is 11.8. The number of rotatable bonds is 4. The molecular weight excluding hydrogens is 353 g/mol. The summed E-state index contributed by atoms with van der Waals surface area (Å²) in [5.74, 6) is -2.47. The predicted octanol–water partition coefficient (Wildman–Crippen LogP) is -4.10. The molecule has 0 aliphatic carbocycles. The molecule has 0 fully saturated rings. The van der Waals surface area contributed by atoms with Crippen molar-refractivity contribution in [1.82, 2.24) is 15.0 Å². The Labute approximate surface area is 168 Å². The van der Waals surface area contributed by atoms with Crippen LogP contribution in [0.1, 0.15) is 20.7 Å². The molecule has 11 heteroatoms. The largest absolute Gasteiger partial charge is 1.00 e. The molecule has 0 aromatic carbocycles. The van der Waals surface area contributed by atoms with Gasteiger partial charge in [-0.3, -0.25) is 0 Å². The fourth-order valence-corrected chi connectivity index (χ4v) is 2.02. The van der Waals surface area contributed by atoms with Crippen LogP contribution in [0.25, 0.3) is 11.9 Å². The van der Waals surface area contributed by atoms with Gasteiger partial charge in [0.25, 0.3) is 6.01 Å². The first kappa shape index (κ1) is 19.4. The molecule has 0 amide bonds. The van der Waals surface area contributed by atoms with Gasteiger partial charge in [0.2, 0.25) is 0 Å². The molecule has 0 radical (unpaired) electrons. The van der Waals surface area contributed by atoms with E-state index in [1.54, 1.807) is 0 Å². The number of aromatic carboxylic acids is 2. The molecule has 0 atom stereocenters. The standard InChI is InChI=1S/C15H9N5O5.Na/c21-11(22)9-3-1-5-19(7-9)13-16-14(18-15(25)17-13)20-6-2-4-10(8-20)12(23)24;/h1-8H,(H-2,16,17,18,21,22,23,24,25);/q;+1/p+1. The van der Waals surface area contributed by atoms with E-state index in [0.29, 0.717) is 0 Å². The fraction of sp³-hybridized carbons (Fsp3) is 0. The van der Waals surface area contributed by atoms with E-state index in [9.17, 15) is 14.7 Å². The molecule has 0 aliphatic rings. The molecule has 26 heavy (non-hydrogen) atoms. The topological polar surface area (TPSA) is 144 Å². The predicted molar refractivity (Wildman–Crippen MR) is 76.3 cm³/mol. The van der Waals surface area contributed by atoms with Crippen LogP contribution in [0.15, 0.2) is 49.1 Å². The van der Waals surface area contributed by atoms with Crippen molar-refractivity contribution in [2.45, 2.75) is 0 Å². The summed E-state index contributed by atoms with van der Waals surface area (Å²) in [5, 5.41) is 29.8. The van der Waals surface area contributed by atoms with Gasteiger partial charge in [-0.05, 0) is 34.2 Å². The van der Waals surface area contributed by atoms with Crippen molar-refractivity contribution in [3.63, 3.8) is 0 Å². The molecule has 10 nitrogen and oxygen atoms in total. The van der Waals surface area contributed by atoms with Crippen molar-refractivity contribution in [3.8, 4) is 17.9 Å². The van der Waals surface area contributed by atoms with E-state index in [0.717, 1.165) is 0 Å². The van der Waals surface area contributed by atoms with Crippen molar-refractivity contribution in [3.05, 3.63) is 60.2 Å². The molecule has 3 aromatic rings. The molecule has 0 saturated carbocycles. The Morgan fingerprint density at radius 1 is 0.846 bits per heavy atom. The van der Waals surface area contributed by atoms with Gasteiger partial charge in [-0.2, -0.15) is 0 Å². The number of hydrogen-bond acceptors (Lipinski definition) is 6. The van der Waals surface area contributed by atoms with E-state index >= 15 is 0 Å². The van der Waals surface area contributed by atoms with Gasteiger partial charge >= 0.3 is 53.4 Å². The SMILES string of the molecule is O=C(O)c1ccc[n+](-c2nc([O-])nc(-[n+]3cccc(C(=O)O)c3)n2)c1.[Na+]. The Bertz CT molecular complexity index is 922. The van der Waals surface area contributed by atoms with Crippen LogP contribution >= 0.6 is 0 Å². The van der Waals surface area contributed by atoms with Gasteiger partial charge in [0.05, 0.1) is 35.9 Å². The molecule has 2 N–H and O–H groups in total. The molecular formula is C15H10N5NaO5+2. The average molecular weight is 363 g/mol. The summed E-state index contributed by atoms with van der Waals surface area (Å²) in [6.45, 7) is 0. The summed E-state index contributed by atoms with van der Waals surface area (Å²) in [4.78, 5) is 33.5. The average Bonchev–Trinajstić information content (AvgIpc) is 2.61. The van der Waals surface area contributed by atoms with Gasteiger partial charge in [0.15, 0.2) is 0 Å². The van der Waals surface area contributed by atoms with Gasteiger partial charge in [-0.15, -0.1) is 0 Å². The molecule has 0 saturated heterocycles. The van der Waals surface area contributed by atoms with E-state index in [1.807, 2.05) is 0 Å². The monoisotopic (exact) mass is 363 g/mol. The summed E-state index contributed by atoms with van der Waals surface area (Å²) in [6, 6.07) is 4.85. The number of carbonyl (C=O) groups is 2. The number of carboxylic acids is 2. The molecule has 0 bridgehead atoms. The summed E-state index contributed by atoms with van der Waals surface area (Å²) < 4.78 is 2.52. The van der Waals surface area contributed by atoms with E-state index in [4.69, 9.17) is 10.2 Å². The third-order valence-electron chi connectivity index (χ3n) is 3.15. The van der Waals surface area contributed by atoms with Gasteiger partial charge < -0.3 is 15.3 Å². The van der Waals surface area contributed by atoms with Crippen LogP contribution in [0.3, 0.4) is 0 Å². The van der Waals surface area contributed by atoms with Crippen LogP contribution in [0.5, 0.6) is 6.01 Å². The van der Waals surface area contributed by atoms with Gasteiger partial charge in [-0.1, -0.05) is 0 Å². The van der Waals surface area contributed by atoms with Crippen LogP contribution in [-0.2, 0) is 0 Å². The van der Waals surface area contributed by atoms with Crippen LogP contribution < -0.4 is 43.8 Å². The van der Waals surface area contributed by atoms with Gasteiger partial charge in [0.1, 0.15) is 0 Å². The zero-order valence-corrected chi connectivity index (χ0v) is 15.5. The van der Waals surface area contributed by atoms with Gasteiger partial charge in [0, 0.05) is 4.98 Å². The molecule has 124 valence electrons. The first-order chi connectivity index (χ1) is 11.9. The Hall–Kier alpha value is -2.95. The summed E-state index contributed by atoms with van der Waals surface area (Å²) in [5.41, 5.74) is -0.0325. The number of hydrogen-bond donors (Lipinski definition) is 2. The third-order valence-corrected chi connectivity index (χ3v) is 3.15. The Morgan fingerprint density at radius 2 is 1.27 bits per heavy atom. The number of pyridine rings is 2. The minimum absolute atomic E-state index is 0. The first-order valence-corrected chi connectivity index (χ1v) is 6.87. The summed E-state index contributed by atoms with van der Waals surface area (Å²) >= 11 is 0. The van der Waals surface area contributed by atoms with Crippen LogP contribution in [-0.4, -0.2) is 37.1 Å². The Morgan fingerprint density at radius 3 is 1.65 bits per heavy atom. The maximum atomic E-state index is 11.8. The zero-order chi connectivity index (χ0) is 18.0. The summed E-state index contributed by atoms with van der Waals surface area (Å²) in [6.07, 6.45) is 5.45. The Balaban J connectivity index is 0.00000243. The van der Waals surface area contributed by atoms with E-state index in [1.165, 1.54) is 58.2 Å². The summed E-state index contributed by atoms with van der Waals surface area (Å²) in [7, 11) is 0. The van der Waals surface area contributed by atoms with E-state index < -0.39 is 17.9 Å². The Kier molecular flexibility index (Phi) is 5.93. The third kappa shape index (κ3) is 4.17. The zero-order valence-electron chi connectivity index (χ0n) is 13.5. The smallest absolute Gasteiger partial charge is 0.818 e. The van der Waals surface area contributed by atoms with Crippen molar-refractivity contribution in [2.75, 3.05) is 0 Å². The number of aromatic nitrogens is 5. The molecule has 3 rings (SSSR count). The maximum Gasteiger partial charge on any atom is 1.00 e. The second-order valence-corrected chi connectivity index (χ2v) is 4.83. The molecule has 3 heterocycles. The molecule has 0 spiro atoms. The second-order valence-electron chi connectivity index (χ2n) is 4.83. The van der Waals surface area contributed by atoms with E-state index in [2.05, 4.69) is 15.0 Å². The van der Waals surface area contributed by atoms with Crippen LogP contribution in [0.4, 0.5) is 0 Å². The van der Waals surface area contributed by atoms with Crippen LogP contribution in [0.2, 0.25) is 0 Å². The number of carboxylic acid groups (broad SMARTS) is 2. The fourth-order valence-electron chi connectivity index (χ4n) is 2.02. The van der Waals surface area contributed by atoms with E-state index in [-0.39, 0.29) is 52.6 Å². The van der Waals surface area contributed by atoms with Crippen molar-refractivity contribution in [2.24, 2.45) is 0 Å². The molecule has 0 unspecified atom stereocenters. The minimum Gasteiger partial charge on any atom is -0.818 e. The normalized spacial score (nSPS) is 10.0. The quantitative estimate of drug-likeness (QED) is 0.352. The first-order valence-electron chi connectivity index (χ1n) is 6.87. The van der Waals surface area contributed by atoms with Crippen molar-refractivity contribution >= 4 is 11.9 Å². The molecule has 3 aromatic heterocycles. The minimum atomic E-state index is -1.14. The molecule has 0 aliphatic heterocycles. The second kappa shape index (κ2) is 7.95. The van der Waals surface area contributed by atoms with Crippen molar-refractivity contribution < 1.29 is 63.6 Å². The number of nitrogens with zero attached hydrogens (tertiary/aromatic N) is 5. The van der Waals surface area contributed by atoms with Gasteiger partial charge in [-0.25, -0.2) is 18.7 Å². The van der Waals surface area contributed by atoms with Crippen LogP contribution in [0, 0.1) is 0 Å².